The smallest absolute Gasteiger partial charge is 0.279 e. The van der Waals surface area contributed by atoms with Crippen molar-refractivity contribution in [2.24, 2.45) is 0 Å². The topological polar surface area (TPSA) is 107 Å². The van der Waals surface area contributed by atoms with Crippen molar-refractivity contribution in [2.45, 2.75) is 0 Å². The highest BCUT2D eigenvalue weighted by atomic mass is 35.5. The number of hydrogen-bond acceptors (Lipinski definition) is 4. The lowest BCUT2D eigenvalue weighted by molar-refractivity contribution is -0.255. The molecule has 0 aliphatic carbocycles. The van der Waals surface area contributed by atoms with E-state index >= 15 is 0 Å². The maximum Gasteiger partial charge on any atom is 0.279 e. The first kappa shape index (κ1) is 18.5. The van der Waals surface area contributed by atoms with E-state index in [0.29, 0.717) is 16.3 Å². The number of hydrogen-bond donors (Lipinski definition) is 2. The number of carbonyl (C=O) groups excluding carboxylic acids is 1. The van der Waals surface area contributed by atoms with Crippen molar-refractivity contribution in [3.8, 4) is 16.9 Å². The Kier molecular flexibility index (Phi) is 4.66. The summed E-state index contributed by atoms with van der Waals surface area (Å²) in [5, 5.41) is 21.8. The van der Waals surface area contributed by atoms with E-state index in [2.05, 4.69) is 21.9 Å². The molecule has 0 spiro atoms. The summed E-state index contributed by atoms with van der Waals surface area (Å²) in [6, 6.07) is 13.8. The van der Waals surface area contributed by atoms with E-state index in [4.69, 9.17) is 11.6 Å². The van der Waals surface area contributed by atoms with Crippen LogP contribution in [0.1, 0.15) is 15.9 Å². The van der Waals surface area contributed by atoms with Gasteiger partial charge in [-0.25, -0.2) is 4.68 Å². The Bertz CT molecular complexity index is 1380. The van der Waals surface area contributed by atoms with Crippen LogP contribution in [0.4, 0.5) is 0 Å². The SMILES string of the molecule is C=c1[nH]n(-c2ccc(Cl)c(C(=O)[O-])c2)c(=O)c1=Cc1cn[nH]c1-c1ccccc1. The number of halogens is 1. The molecule has 0 bridgehead atoms. The third kappa shape index (κ3) is 3.39. The standard InChI is InChI=1S/C21H15ClN4O3/c1-12-16(9-14-11-23-24-19(14)13-5-3-2-4-6-13)20(27)26(25-12)15-7-8-18(22)17(10-15)21(28)29/h2-11,25H,1H2,(H,23,24)(H,28,29)/p-1. The van der Waals surface area contributed by atoms with Gasteiger partial charge in [-0.1, -0.05) is 48.5 Å². The number of aromatic nitrogens is 4. The largest absolute Gasteiger partial charge is 0.545 e. The van der Waals surface area contributed by atoms with E-state index in [9.17, 15) is 14.7 Å². The molecule has 0 aliphatic heterocycles. The van der Waals surface area contributed by atoms with Gasteiger partial charge in [-0.05, 0) is 24.3 Å². The van der Waals surface area contributed by atoms with E-state index in [1.807, 2.05) is 30.3 Å². The second-order valence-electron chi connectivity index (χ2n) is 6.31. The first-order valence-electron chi connectivity index (χ1n) is 8.57. The summed E-state index contributed by atoms with van der Waals surface area (Å²) in [4.78, 5) is 24.2. The summed E-state index contributed by atoms with van der Waals surface area (Å²) < 4.78 is 1.21. The molecule has 0 unspecified atom stereocenters. The molecule has 4 rings (SSSR count). The van der Waals surface area contributed by atoms with E-state index in [0.717, 1.165) is 16.8 Å². The van der Waals surface area contributed by atoms with Crippen LogP contribution in [0.25, 0.3) is 29.6 Å². The van der Waals surface area contributed by atoms with Crippen molar-refractivity contribution in [3.63, 3.8) is 0 Å². The van der Waals surface area contributed by atoms with Crippen LogP contribution in [0.5, 0.6) is 0 Å². The van der Waals surface area contributed by atoms with E-state index in [-0.39, 0.29) is 16.1 Å². The van der Waals surface area contributed by atoms with Crippen molar-refractivity contribution < 1.29 is 9.90 Å². The van der Waals surface area contributed by atoms with E-state index in [1.165, 1.54) is 22.9 Å². The third-order valence-corrected chi connectivity index (χ3v) is 4.79. The molecule has 144 valence electrons. The maximum absolute atomic E-state index is 13.0. The third-order valence-electron chi connectivity index (χ3n) is 4.46. The average Bonchev–Trinajstić information content (AvgIpc) is 3.29. The number of benzene rings is 2. The van der Waals surface area contributed by atoms with Crippen molar-refractivity contribution in [2.75, 3.05) is 0 Å². The minimum atomic E-state index is -1.43. The van der Waals surface area contributed by atoms with Gasteiger partial charge in [0.05, 0.1) is 34.1 Å². The fourth-order valence-electron chi connectivity index (χ4n) is 3.03. The summed E-state index contributed by atoms with van der Waals surface area (Å²) in [5.41, 5.74) is 2.12. The molecule has 2 heterocycles. The van der Waals surface area contributed by atoms with Crippen LogP contribution in [-0.2, 0) is 0 Å². The zero-order chi connectivity index (χ0) is 20.5. The summed E-state index contributed by atoms with van der Waals surface area (Å²) in [6.07, 6.45) is 3.30. The van der Waals surface area contributed by atoms with Crippen LogP contribution in [0.15, 0.2) is 59.5 Å². The number of nitrogens with one attached hydrogen (secondary N) is 2. The fraction of sp³-hybridized carbons (Fsp3) is 0. The molecule has 0 saturated heterocycles. The Morgan fingerprint density at radius 1 is 1.21 bits per heavy atom. The number of aromatic amines is 2. The number of nitrogens with zero attached hydrogens (tertiary/aromatic N) is 2. The second-order valence-corrected chi connectivity index (χ2v) is 6.71. The normalized spacial score (nSPS) is 11.7. The Hall–Kier alpha value is -3.84. The summed E-state index contributed by atoms with van der Waals surface area (Å²) in [7, 11) is 0. The molecule has 2 N–H and O–H groups in total. The van der Waals surface area contributed by atoms with Gasteiger partial charge in [-0.2, -0.15) is 5.10 Å². The fourth-order valence-corrected chi connectivity index (χ4v) is 3.23. The zero-order valence-electron chi connectivity index (χ0n) is 15.0. The van der Waals surface area contributed by atoms with Gasteiger partial charge in [0, 0.05) is 21.7 Å². The highest BCUT2D eigenvalue weighted by molar-refractivity contribution is 6.33. The van der Waals surface area contributed by atoms with Gasteiger partial charge < -0.3 is 9.90 Å². The lowest BCUT2D eigenvalue weighted by Gasteiger charge is -2.08. The van der Waals surface area contributed by atoms with Gasteiger partial charge >= 0.3 is 0 Å². The molecule has 7 nitrogen and oxygen atoms in total. The lowest BCUT2D eigenvalue weighted by atomic mass is 10.1. The van der Waals surface area contributed by atoms with Crippen molar-refractivity contribution in [3.05, 3.63) is 91.8 Å². The summed E-state index contributed by atoms with van der Waals surface area (Å²) >= 11 is 5.88. The van der Waals surface area contributed by atoms with E-state index < -0.39 is 5.97 Å². The molecule has 0 radical (unpaired) electrons. The first-order chi connectivity index (χ1) is 14.0. The molecule has 0 fully saturated rings. The van der Waals surface area contributed by atoms with Crippen molar-refractivity contribution in [1.82, 2.24) is 20.0 Å². The van der Waals surface area contributed by atoms with Crippen molar-refractivity contribution >= 4 is 30.2 Å². The van der Waals surface area contributed by atoms with Crippen molar-refractivity contribution in [1.29, 1.82) is 0 Å². The number of H-pyrrole nitrogens is 2. The Morgan fingerprint density at radius 2 is 1.97 bits per heavy atom. The van der Waals surface area contributed by atoms with E-state index in [1.54, 1.807) is 12.3 Å². The van der Waals surface area contributed by atoms with Gasteiger partial charge in [-0.3, -0.25) is 15.0 Å². The quantitative estimate of drug-likeness (QED) is 0.524. The molecule has 0 aliphatic rings. The van der Waals surface area contributed by atoms with Crippen LogP contribution >= 0.6 is 11.6 Å². The molecule has 2 aromatic carbocycles. The molecule has 29 heavy (non-hydrogen) atoms. The first-order valence-corrected chi connectivity index (χ1v) is 8.95. The molecule has 0 saturated carbocycles. The highest BCUT2D eigenvalue weighted by Crippen LogP contribution is 2.21. The van der Waals surface area contributed by atoms with Gasteiger partial charge in [0.1, 0.15) is 0 Å². The Morgan fingerprint density at radius 3 is 2.69 bits per heavy atom. The molecule has 2 aromatic heterocycles. The molecule has 0 amide bonds. The number of aromatic carboxylic acids is 1. The second kappa shape index (κ2) is 7.29. The average molecular weight is 406 g/mol. The number of carboxylic acids is 1. The van der Waals surface area contributed by atoms with Crippen LogP contribution in [-0.4, -0.2) is 25.9 Å². The zero-order valence-corrected chi connectivity index (χ0v) is 15.7. The molecular weight excluding hydrogens is 392 g/mol. The van der Waals surface area contributed by atoms with Crippen LogP contribution in [0.3, 0.4) is 0 Å². The molecule has 4 aromatic rings. The van der Waals surface area contributed by atoms with Gasteiger partial charge in [0.15, 0.2) is 0 Å². The highest BCUT2D eigenvalue weighted by Gasteiger charge is 2.10. The van der Waals surface area contributed by atoms with Crippen LogP contribution < -0.4 is 21.2 Å². The van der Waals surface area contributed by atoms with Crippen LogP contribution in [0.2, 0.25) is 5.02 Å². The minimum absolute atomic E-state index is 0.0286. The monoisotopic (exact) mass is 405 g/mol. The molecule has 8 heteroatoms. The van der Waals surface area contributed by atoms with Gasteiger partial charge in [0.25, 0.3) is 5.56 Å². The summed E-state index contributed by atoms with van der Waals surface area (Å²) in [5.74, 6) is -1.43. The number of rotatable bonds is 4. The Balaban J connectivity index is 1.86. The number of carboxylic acid groups (broad SMARTS) is 1. The van der Waals surface area contributed by atoms with Gasteiger partial charge in [-0.15, -0.1) is 0 Å². The van der Waals surface area contributed by atoms with Gasteiger partial charge in [0.2, 0.25) is 0 Å². The predicted octanol–water partition coefficient (Wildman–Crippen LogP) is 0.812. The van der Waals surface area contributed by atoms with Crippen LogP contribution in [0, 0.1) is 0 Å². The Labute approximate surface area is 169 Å². The molecule has 0 atom stereocenters. The minimum Gasteiger partial charge on any atom is -0.545 e. The predicted molar refractivity (Wildman–Crippen MR) is 108 cm³/mol. The maximum atomic E-state index is 13.0. The lowest BCUT2D eigenvalue weighted by Crippen LogP contribution is -2.34. The summed E-state index contributed by atoms with van der Waals surface area (Å²) in [6.45, 7) is 3.89. The number of carbonyl (C=O) groups is 1. The molecular formula is C21H14ClN4O3-.